The number of hydrogen-bond donors (Lipinski definition) is 1. The summed E-state index contributed by atoms with van der Waals surface area (Å²) in [6, 6.07) is 12.1. The van der Waals surface area contributed by atoms with Gasteiger partial charge in [-0.05, 0) is 36.4 Å². The van der Waals surface area contributed by atoms with Gasteiger partial charge in [-0.15, -0.1) is 21.5 Å². The minimum Gasteiger partial charge on any atom is -0.486 e. The van der Waals surface area contributed by atoms with Gasteiger partial charge in [0.15, 0.2) is 22.5 Å². The van der Waals surface area contributed by atoms with Crippen LogP contribution in [0.2, 0.25) is 0 Å². The molecule has 7 nitrogen and oxygen atoms in total. The highest BCUT2D eigenvalue weighted by atomic mass is 32.2. The van der Waals surface area contributed by atoms with E-state index in [1.807, 2.05) is 35.7 Å². The Kier molecular flexibility index (Phi) is 5.15. The predicted octanol–water partition coefficient (Wildman–Crippen LogP) is 3.39. The maximum atomic E-state index is 12.4. The minimum absolute atomic E-state index is 0.0551. The number of fused-ring (bicyclic) bond motifs is 1. The molecule has 0 radical (unpaired) electrons. The molecule has 1 saturated carbocycles. The number of nitrogens with zero attached hydrogens (tertiary/aromatic N) is 3. The number of para-hydroxylation sites is 2. The van der Waals surface area contributed by atoms with Crippen LogP contribution in [0.4, 0.5) is 0 Å². The van der Waals surface area contributed by atoms with Crippen LogP contribution in [-0.2, 0) is 4.79 Å². The molecule has 1 atom stereocenters. The first-order valence-electron chi connectivity index (χ1n) is 9.54. The van der Waals surface area contributed by atoms with Crippen LogP contribution >= 0.6 is 23.1 Å². The van der Waals surface area contributed by atoms with Gasteiger partial charge < -0.3 is 14.8 Å². The third kappa shape index (κ3) is 4.11. The first-order chi connectivity index (χ1) is 14.3. The molecule has 0 unspecified atom stereocenters. The average Bonchev–Trinajstić information content (AvgIpc) is 3.26. The second-order valence-electron chi connectivity index (χ2n) is 6.98. The molecule has 1 fully saturated rings. The fraction of sp³-hybridized carbons (Fsp3) is 0.350. The highest BCUT2D eigenvalue weighted by molar-refractivity contribution is 7.99. The maximum Gasteiger partial charge on any atom is 0.230 e. The highest BCUT2D eigenvalue weighted by Gasteiger charge is 2.30. The molecule has 5 rings (SSSR count). The van der Waals surface area contributed by atoms with E-state index >= 15 is 0 Å². The molecular formula is C20H20N4O3S2. The first-order valence-corrected chi connectivity index (χ1v) is 11.4. The summed E-state index contributed by atoms with van der Waals surface area (Å²) >= 11 is 3.08. The summed E-state index contributed by atoms with van der Waals surface area (Å²) in [7, 11) is 0. The number of amides is 1. The molecular weight excluding hydrogens is 408 g/mol. The Balaban J connectivity index is 1.16. The van der Waals surface area contributed by atoms with Crippen LogP contribution < -0.4 is 14.8 Å². The molecule has 1 aliphatic carbocycles. The third-order valence-corrected chi connectivity index (χ3v) is 6.55. The van der Waals surface area contributed by atoms with Gasteiger partial charge in [0.2, 0.25) is 5.91 Å². The molecule has 1 N–H and O–H groups in total. The zero-order chi connectivity index (χ0) is 19.6. The lowest BCUT2D eigenvalue weighted by molar-refractivity contribution is -0.119. The molecule has 0 spiro atoms. The molecule has 9 heteroatoms. The Bertz CT molecular complexity index is 1000. The van der Waals surface area contributed by atoms with Crippen molar-refractivity contribution in [3.63, 3.8) is 0 Å². The summed E-state index contributed by atoms with van der Waals surface area (Å²) in [5.74, 6) is 2.59. The molecule has 0 bridgehead atoms. The summed E-state index contributed by atoms with van der Waals surface area (Å²) in [5.41, 5.74) is 0. The van der Waals surface area contributed by atoms with Gasteiger partial charge >= 0.3 is 0 Å². The van der Waals surface area contributed by atoms with Crippen molar-refractivity contribution in [3.8, 4) is 22.2 Å². The molecule has 3 aromatic rings. The van der Waals surface area contributed by atoms with Crippen molar-refractivity contribution in [2.45, 2.75) is 30.1 Å². The topological polar surface area (TPSA) is 78.3 Å². The van der Waals surface area contributed by atoms with E-state index in [9.17, 15) is 4.79 Å². The van der Waals surface area contributed by atoms with Crippen molar-refractivity contribution < 1.29 is 14.3 Å². The van der Waals surface area contributed by atoms with Crippen molar-refractivity contribution in [3.05, 3.63) is 41.8 Å². The quantitative estimate of drug-likeness (QED) is 0.581. The van der Waals surface area contributed by atoms with Gasteiger partial charge in [-0.3, -0.25) is 9.36 Å². The van der Waals surface area contributed by atoms with Crippen molar-refractivity contribution in [1.29, 1.82) is 0 Å². The van der Waals surface area contributed by atoms with Crippen LogP contribution in [0.5, 0.6) is 11.5 Å². The van der Waals surface area contributed by atoms with Gasteiger partial charge in [0.25, 0.3) is 0 Å². The third-order valence-electron chi connectivity index (χ3n) is 4.74. The average molecular weight is 429 g/mol. The Morgan fingerprint density at radius 3 is 2.86 bits per heavy atom. The fourth-order valence-electron chi connectivity index (χ4n) is 3.18. The van der Waals surface area contributed by atoms with Crippen LogP contribution in [0, 0.1) is 0 Å². The molecule has 1 aliphatic heterocycles. The lowest BCUT2D eigenvalue weighted by atomic mass is 10.2. The summed E-state index contributed by atoms with van der Waals surface area (Å²) in [5, 5.41) is 14.5. The smallest absolute Gasteiger partial charge is 0.230 e. The number of aromatic nitrogens is 3. The van der Waals surface area contributed by atoms with Crippen LogP contribution in [0.15, 0.2) is 46.9 Å². The molecule has 2 aliphatic rings. The number of nitrogens with one attached hydrogen (secondary N) is 1. The zero-order valence-corrected chi connectivity index (χ0v) is 17.2. The van der Waals surface area contributed by atoms with Crippen molar-refractivity contribution in [2.75, 3.05) is 18.9 Å². The minimum atomic E-state index is -0.195. The number of rotatable bonds is 7. The second kappa shape index (κ2) is 8.08. The normalized spacial score (nSPS) is 17.9. The van der Waals surface area contributed by atoms with Gasteiger partial charge in [-0.25, -0.2) is 0 Å². The van der Waals surface area contributed by atoms with Crippen LogP contribution in [0.25, 0.3) is 10.7 Å². The van der Waals surface area contributed by atoms with E-state index in [4.69, 9.17) is 9.47 Å². The van der Waals surface area contributed by atoms with Crippen LogP contribution in [0.3, 0.4) is 0 Å². The number of carbonyl (C=O) groups excluding carboxylic acids is 1. The molecule has 1 amide bonds. The van der Waals surface area contributed by atoms with Gasteiger partial charge in [-0.1, -0.05) is 30.0 Å². The summed E-state index contributed by atoms with van der Waals surface area (Å²) in [6.45, 7) is 0.827. The second-order valence-corrected chi connectivity index (χ2v) is 8.87. The van der Waals surface area contributed by atoms with Gasteiger partial charge in [0.05, 0.1) is 17.2 Å². The van der Waals surface area contributed by atoms with E-state index in [0.717, 1.165) is 34.4 Å². The van der Waals surface area contributed by atoms with Crippen LogP contribution in [-0.4, -0.2) is 45.7 Å². The van der Waals surface area contributed by atoms with Gasteiger partial charge in [0.1, 0.15) is 12.7 Å². The first kappa shape index (κ1) is 18.5. The molecule has 1 aromatic carbocycles. The largest absolute Gasteiger partial charge is 0.486 e. The summed E-state index contributed by atoms with van der Waals surface area (Å²) in [4.78, 5) is 13.5. The number of benzene rings is 1. The van der Waals surface area contributed by atoms with Crippen molar-refractivity contribution in [1.82, 2.24) is 20.1 Å². The molecule has 29 heavy (non-hydrogen) atoms. The number of thiophene rings is 1. The van der Waals surface area contributed by atoms with Crippen LogP contribution in [0.1, 0.15) is 18.9 Å². The van der Waals surface area contributed by atoms with E-state index in [1.54, 1.807) is 11.3 Å². The monoisotopic (exact) mass is 428 g/mol. The Morgan fingerprint density at radius 2 is 2.07 bits per heavy atom. The Morgan fingerprint density at radius 1 is 1.21 bits per heavy atom. The van der Waals surface area contributed by atoms with Gasteiger partial charge in [0, 0.05) is 6.04 Å². The number of thioether (sulfide) groups is 1. The van der Waals surface area contributed by atoms with Gasteiger partial charge in [-0.2, -0.15) is 0 Å². The van der Waals surface area contributed by atoms with Crippen molar-refractivity contribution >= 4 is 29.0 Å². The predicted molar refractivity (Wildman–Crippen MR) is 112 cm³/mol. The SMILES string of the molecule is O=C(CSc1nnc(-c2cccs2)n1C1CC1)NC[C@H]1COc2ccccc2O1. The summed E-state index contributed by atoms with van der Waals surface area (Å²) < 4.78 is 13.7. The Labute approximate surface area is 176 Å². The van der Waals surface area contributed by atoms with E-state index in [-0.39, 0.29) is 12.0 Å². The van der Waals surface area contributed by atoms with E-state index in [2.05, 4.69) is 26.1 Å². The van der Waals surface area contributed by atoms with E-state index < -0.39 is 0 Å². The zero-order valence-electron chi connectivity index (χ0n) is 15.6. The fourth-order valence-corrected chi connectivity index (χ4v) is 4.72. The molecule has 0 saturated heterocycles. The number of hydrogen-bond acceptors (Lipinski definition) is 7. The lowest BCUT2D eigenvalue weighted by Gasteiger charge is -2.26. The Hall–Kier alpha value is -2.52. The van der Waals surface area contributed by atoms with E-state index in [0.29, 0.717) is 30.7 Å². The van der Waals surface area contributed by atoms with Crippen molar-refractivity contribution in [2.24, 2.45) is 0 Å². The maximum absolute atomic E-state index is 12.4. The van der Waals surface area contributed by atoms with E-state index in [1.165, 1.54) is 11.8 Å². The number of ether oxygens (including phenoxy) is 2. The summed E-state index contributed by atoms with van der Waals surface area (Å²) in [6.07, 6.45) is 2.08. The highest BCUT2D eigenvalue weighted by Crippen LogP contribution is 2.41. The molecule has 3 heterocycles. The molecule has 150 valence electrons. The standard InChI is InChI=1S/C20H20N4O3S2/c25-18(21-10-14-11-26-15-4-1-2-5-16(15)27-14)12-29-20-23-22-19(17-6-3-9-28-17)24(20)13-7-8-13/h1-6,9,13-14H,7-8,10-12H2,(H,21,25)/t14-/m0/s1. The number of carbonyl (C=O) groups is 1. The lowest BCUT2D eigenvalue weighted by Crippen LogP contribution is -2.41. The molecule has 2 aromatic heterocycles.